The molecule has 3 aliphatic rings. The molecule has 5 aromatic rings. The zero-order valence-electron chi connectivity index (χ0n) is 19.1. The van der Waals surface area contributed by atoms with Crippen LogP contribution < -0.4 is 5.32 Å². The van der Waals surface area contributed by atoms with E-state index in [0.29, 0.717) is 12.1 Å². The summed E-state index contributed by atoms with van der Waals surface area (Å²) in [5, 5.41) is 18.7. The van der Waals surface area contributed by atoms with Gasteiger partial charge in [-0.05, 0) is 24.6 Å². The summed E-state index contributed by atoms with van der Waals surface area (Å²) in [5.74, 6) is -0.822. The predicted octanol–water partition coefficient (Wildman–Crippen LogP) is 3.66. The molecule has 2 bridgehead atoms. The van der Waals surface area contributed by atoms with Crippen LogP contribution in [0.1, 0.15) is 35.5 Å². The van der Waals surface area contributed by atoms with E-state index in [1.807, 2.05) is 53.1 Å². The summed E-state index contributed by atoms with van der Waals surface area (Å²) in [4.78, 5) is 26.3. The second kappa shape index (κ2) is 5.84. The van der Waals surface area contributed by atoms with Crippen LogP contribution in [0.5, 0.6) is 0 Å². The Kier molecular flexibility index (Phi) is 3.24. The topological polar surface area (TPSA) is 94.7 Å². The highest BCUT2D eigenvalue weighted by Crippen LogP contribution is 2.57. The van der Waals surface area contributed by atoms with Crippen molar-refractivity contribution in [1.29, 1.82) is 0 Å². The molecule has 8 heteroatoms. The summed E-state index contributed by atoms with van der Waals surface area (Å²) in [6, 6.07) is 15.8. The largest absolute Gasteiger partial charge is 0.467 e. The number of hydrogen-bond donors (Lipinski definition) is 2. The maximum absolute atomic E-state index is 13.2. The maximum atomic E-state index is 13.2. The predicted molar refractivity (Wildman–Crippen MR) is 129 cm³/mol. The fourth-order valence-electron chi connectivity index (χ4n) is 6.89. The van der Waals surface area contributed by atoms with E-state index in [9.17, 15) is 14.7 Å². The van der Waals surface area contributed by atoms with Crippen LogP contribution in [0.25, 0.3) is 43.6 Å². The Balaban J connectivity index is 1.73. The van der Waals surface area contributed by atoms with Crippen molar-refractivity contribution in [1.82, 2.24) is 14.5 Å². The molecule has 3 aromatic carbocycles. The molecule has 3 atom stereocenters. The third kappa shape index (κ3) is 1.89. The minimum Gasteiger partial charge on any atom is -0.467 e. The van der Waals surface area contributed by atoms with Crippen molar-refractivity contribution in [2.45, 2.75) is 37.4 Å². The number of amides is 1. The molecule has 1 amide bonds. The van der Waals surface area contributed by atoms with Gasteiger partial charge in [-0.2, -0.15) is 0 Å². The molecule has 0 unspecified atom stereocenters. The lowest BCUT2D eigenvalue weighted by Gasteiger charge is -2.37. The average Bonchev–Trinajstić information content (AvgIpc) is 3.55. The first-order valence-electron chi connectivity index (χ1n) is 11.7. The van der Waals surface area contributed by atoms with Crippen LogP contribution in [0.4, 0.5) is 0 Å². The molecule has 0 radical (unpaired) electrons. The van der Waals surface area contributed by atoms with Gasteiger partial charge in [0.25, 0.3) is 5.91 Å². The summed E-state index contributed by atoms with van der Waals surface area (Å²) in [6.07, 6.45) is -0.628. The first-order valence-corrected chi connectivity index (χ1v) is 11.7. The second-order valence-corrected chi connectivity index (χ2v) is 9.83. The zero-order chi connectivity index (χ0) is 23.9. The van der Waals surface area contributed by atoms with Crippen molar-refractivity contribution in [3.05, 3.63) is 59.7 Å². The summed E-state index contributed by atoms with van der Waals surface area (Å²) in [5.41, 5.74) is 1.69. The minimum absolute atomic E-state index is 0.0146. The molecule has 174 valence electrons. The number of carbonyl (C=O) groups is 2. The number of rotatable bonds is 1. The van der Waals surface area contributed by atoms with E-state index in [-0.39, 0.29) is 12.3 Å². The number of aliphatic hydroxyl groups is 1. The third-order valence-electron chi connectivity index (χ3n) is 8.36. The highest BCUT2D eigenvalue weighted by atomic mass is 16.6. The molecular weight excluding hydrogens is 446 g/mol. The van der Waals surface area contributed by atoms with E-state index in [4.69, 9.17) is 9.47 Å². The van der Waals surface area contributed by atoms with Crippen molar-refractivity contribution in [3.8, 4) is 0 Å². The van der Waals surface area contributed by atoms with Gasteiger partial charge in [0.05, 0.1) is 34.7 Å². The van der Waals surface area contributed by atoms with Gasteiger partial charge in [0, 0.05) is 34.5 Å². The Bertz CT molecular complexity index is 1830. The molecule has 8 rings (SSSR count). The highest BCUT2D eigenvalue weighted by Gasteiger charge is 2.65. The lowest BCUT2D eigenvalue weighted by atomic mass is 9.88. The van der Waals surface area contributed by atoms with Crippen molar-refractivity contribution in [2.24, 2.45) is 0 Å². The quantitative estimate of drug-likeness (QED) is 0.367. The van der Waals surface area contributed by atoms with E-state index in [1.54, 1.807) is 6.92 Å². The molecule has 3 aliphatic heterocycles. The Hall–Kier alpha value is -3.88. The Morgan fingerprint density at radius 3 is 2.51 bits per heavy atom. The SMILES string of the molecule is COC(=O)[C@@]1(O)C[C@@H]2O[C@]1(C)n1c3ccccc3c3c4c(c5c6ccccc6n2c5c31)C(=O)NC4. The van der Waals surface area contributed by atoms with Crippen molar-refractivity contribution < 1.29 is 24.2 Å². The monoisotopic (exact) mass is 467 g/mol. The molecule has 2 N–H and O–H groups in total. The number of carbonyl (C=O) groups excluding carboxylic acids is 2. The fourth-order valence-corrected chi connectivity index (χ4v) is 6.89. The van der Waals surface area contributed by atoms with Gasteiger partial charge in [0.15, 0.2) is 5.72 Å². The molecule has 35 heavy (non-hydrogen) atoms. The minimum atomic E-state index is -1.93. The summed E-state index contributed by atoms with van der Waals surface area (Å²) in [7, 11) is 1.28. The Morgan fingerprint density at radius 2 is 1.77 bits per heavy atom. The first-order chi connectivity index (χ1) is 16.9. The molecule has 0 saturated carbocycles. The second-order valence-electron chi connectivity index (χ2n) is 9.83. The highest BCUT2D eigenvalue weighted by molar-refractivity contribution is 6.31. The molecule has 1 saturated heterocycles. The molecular formula is C27H21N3O5. The van der Waals surface area contributed by atoms with E-state index >= 15 is 0 Å². The van der Waals surface area contributed by atoms with Crippen molar-refractivity contribution in [2.75, 3.05) is 7.11 Å². The van der Waals surface area contributed by atoms with Gasteiger partial charge in [-0.1, -0.05) is 36.4 Å². The van der Waals surface area contributed by atoms with Gasteiger partial charge in [-0.3, -0.25) is 4.79 Å². The number of hydrogen-bond acceptors (Lipinski definition) is 5. The number of aromatic nitrogens is 2. The molecule has 2 aromatic heterocycles. The first kappa shape index (κ1) is 19.4. The van der Waals surface area contributed by atoms with Crippen LogP contribution in [0.2, 0.25) is 0 Å². The maximum Gasteiger partial charge on any atom is 0.343 e. The number of nitrogens with zero attached hydrogens (tertiary/aromatic N) is 2. The van der Waals surface area contributed by atoms with Crippen molar-refractivity contribution >= 4 is 55.5 Å². The van der Waals surface area contributed by atoms with Crippen LogP contribution in [0.3, 0.4) is 0 Å². The van der Waals surface area contributed by atoms with Crippen LogP contribution in [0.15, 0.2) is 48.5 Å². The summed E-state index contributed by atoms with van der Waals surface area (Å²) >= 11 is 0. The molecule has 0 spiro atoms. The van der Waals surface area contributed by atoms with Gasteiger partial charge in [-0.15, -0.1) is 0 Å². The van der Waals surface area contributed by atoms with Gasteiger partial charge in [0.1, 0.15) is 6.23 Å². The molecule has 5 heterocycles. The smallest absolute Gasteiger partial charge is 0.343 e. The number of fused-ring (bicyclic) bond motifs is 13. The van der Waals surface area contributed by atoms with Gasteiger partial charge < -0.3 is 29.0 Å². The number of methoxy groups -OCH3 is 1. The zero-order valence-corrected chi connectivity index (χ0v) is 19.1. The molecule has 8 nitrogen and oxygen atoms in total. The fraction of sp³-hybridized carbons (Fsp3) is 0.259. The number of nitrogens with one attached hydrogen (secondary N) is 1. The van der Waals surface area contributed by atoms with E-state index in [2.05, 4.69) is 9.88 Å². The van der Waals surface area contributed by atoms with E-state index in [0.717, 1.165) is 49.2 Å². The number of para-hydroxylation sites is 2. The lowest BCUT2D eigenvalue weighted by Crippen LogP contribution is -2.56. The van der Waals surface area contributed by atoms with Crippen LogP contribution >= 0.6 is 0 Å². The summed E-state index contributed by atoms with van der Waals surface area (Å²) in [6.45, 7) is 2.17. The van der Waals surface area contributed by atoms with Gasteiger partial charge in [-0.25, -0.2) is 4.79 Å². The van der Waals surface area contributed by atoms with Gasteiger partial charge >= 0.3 is 5.97 Å². The summed E-state index contributed by atoms with van der Waals surface area (Å²) < 4.78 is 15.8. The molecule has 0 aliphatic carbocycles. The normalized spacial score (nSPS) is 26.7. The number of ether oxygens (including phenoxy) is 2. The van der Waals surface area contributed by atoms with E-state index in [1.165, 1.54) is 7.11 Å². The molecule has 1 fully saturated rings. The standard InChI is InChI=1S/C27H21N3O5/c1-26-27(33,25(32)34-2)11-18(35-26)29-16-9-5-3-7-13(16)20-21-15(12-28-24(21)31)19-14-8-4-6-10-17(14)30(26)23(19)22(20)29/h3-10,18,33H,11-12H2,1-2H3,(H,28,31)/t18-,26-,27-/m0/s1. The van der Waals surface area contributed by atoms with Gasteiger partial charge in [0.2, 0.25) is 5.60 Å². The Morgan fingerprint density at radius 1 is 1.09 bits per heavy atom. The lowest BCUT2D eigenvalue weighted by molar-refractivity contribution is -0.202. The van der Waals surface area contributed by atoms with Crippen LogP contribution in [-0.2, 0) is 26.5 Å². The van der Waals surface area contributed by atoms with Crippen LogP contribution in [0, 0.1) is 0 Å². The van der Waals surface area contributed by atoms with Crippen LogP contribution in [-0.4, -0.2) is 38.8 Å². The van der Waals surface area contributed by atoms with Crippen molar-refractivity contribution in [3.63, 3.8) is 0 Å². The number of esters is 1. The Labute approximate surface area is 198 Å². The third-order valence-corrected chi connectivity index (χ3v) is 8.36. The number of benzene rings is 3. The van der Waals surface area contributed by atoms with E-state index < -0.39 is 23.5 Å². The average molecular weight is 467 g/mol.